The summed E-state index contributed by atoms with van der Waals surface area (Å²) in [5.74, 6) is 5.10. The summed E-state index contributed by atoms with van der Waals surface area (Å²) >= 11 is 0. The highest BCUT2D eigenvalue weighted by molar-refractivity contribution is 5.57. The Hall–Kier alpha value is -1.67. The average molecular weight is 214 g/mol. The molecule has 5 heteroatoms. The van der Waals surface area contributed by atoms with Crippen molar-refractivity contribution < 1.29 is 13.2 Å². The van der Waals surface area contributed by atoms with Gasteiger partial charge in [0.1, 0.15) is 0 Å². The molecular formula is C10H9F3N2. The normalized spacial score (nSPS) is 10.7. The van der Waals surface area contributed by atoms with Gasteiger partial charge in [-0.1, -0.05) is 11.8 Å². The van der Waals surface area contributed by atoms with Crippen LogP contribution in [-0.4, -0.2) is 6.54 Å². The van der Waals surface area contributed by atoms with Crippen LogP contribution in [-0.2, 0) is 6.18 Å². The molecule has 4 N–H and O–H groups in total. The molecule has 0 spiro atoms. The molecule has 0 fully saturated rings. The second-order valence-electron chi connectivity index (χ2n) is 2.81. The number of anilines is 1. The fourth-order valence-corrected chi connectivity index (χ4v) is 0.999. The molecule has 0 amide bonds. The lowest BCUT2D eigenvalue weighted by atomic mass is 10.1. The first-order valence-corrected chi connectivity index (χ1v) is 4.11. The van der Waals surface area contributed by atoms with Crippen molar-refractivity contribution in [1.29, 1.82) is 0 Å². The van der Waals surface area contributed by atoms with Crippen LogP contribution in [0.1, 0.15) is 11.1 Å². The molecule has 0 saturated heterocycles. The van der Waals surface area contributed by atoms with Gasteiger partial charge in [0.05, 0.1) is 12.1 Å². The lowest BCUT2D eigenvalue weighted by Crippen LogP contribution is -2.06. The zero-order valence-corrected chi connectivity index (χ0v) is 7.73. The fraction of sp³-hybridized carbons (Fsp3) is 0.200. The van der Waals surface area contributed by atoms with E-state index in [0.717, 1.165) is 12.1 Å². The number of alkyl halides is 3. The van der Waals surface area contributed by atoms with Gasteiger partial charge in [-0.25, -0.2) is 0 Å². The highest BCUT2D eigenvalue weighted by atomic mass is 19.4. The first-order chi connectivity index (χ1) is 6.95. The van der Waals surface area contributed by atoms with Gasteiger partial charge in [-0.2, -0.15) is 13.2 Å². The molecule has 80 valence electrons. The van der Waals surface area contributed by atoms with Crippen molar-refractivity contribution in [3.63, 3.8) is 0 Å². The highest BCUT2D eigenvalue weighted by Crippen LogP contribution is 2.31. The fourth-order valence-electron chi connectivity index (χ4n) is 0.999. The van der Waals surface area contributed by atoms with Crippen LogP contribution < -0.4 is 11.5 Å². The molecule has 0 aromatic heterocycles. The summed E-state index contributed by atoms with van der Waals surface area (Å²) in [7, 11) is 0. The maximum Gasteiger partial charge on any atom is 0.416 e. The van der Waals surface area contributed by atoms with Gasteiger partial charge >= 0.3 is 6.18 Å². The number of nitrogens with two attached hydrogens (primary N) is 2. The zero-order valence-electron chi connectivity index (χ0n) is 7.73. The Morgan fingerprint density at radius 3 is 2.40 bits per heavy atom. The molecule has 0 aliphatic carbocycles. The lowest BCUT2D eigenvalue weighted by molar-refractivity contribution is -0.137. The van der Waals surface area contributed by atoms with Crippen molar-refractivity contribution in [2.45, 2.75) is 6.18 Å². The van der Waals surface area contributed by atoms with Crippen LogP contribution >= 0.6 is 0 Å². The Morgan fingerprint density at radius 1 is 1.27 bits per heavy atom. The Balaban J connectivity index is 3.09. The highest BCUT2D eigenvalue weighted by Gasteiger charge is 2.30. The number of benzene rings is 1. The van der Waals surface area contributed by atoms with Gasteiger partial charge in [0, 0.05) is 11.3 Å². The second-order valence-corrected chi connectivity index (χ2v) is 2.81. The number of halogens is 3. The Labute approximate surface area is 85.1 Å². The van der Waals surface area contributed by atoms with Gasteiger partial charge < -0.3 is 11.5 Å². The van der Waals surface area contributed by atoms with Crippen LogP contribution in [0.25, 0.3) is 0 Å². The van der Waals surface area contributed by atoms with Crippen molar-refractivity contribution in [1.82, 2.24) is 0 Å². The minimum absolute atomic E-state index is 0.00535. The quantitative estimate of drug-likeness (QED) is 0.509. The second kappa shape index (κ2) is 4.24. The molecule has 15 heavy (non-hydrogen) atoms. The molecular weight excluding hydrogens is 205 g/mol. The molecule has 0 heterocycles. The van der Waals surface area contributed by atoms with Crippen LogP contribution in [0.15, 0.2) is 18.2 Å². The molecule has 0 radical (unpaired) electrons. The minimum Gasteiger partial charge on any atom is -0.398 e. The van der Waals surface area contributed by atoms with E-state index in [1.165, 1.54) is 6.07 Å². The van der Waals surface area contributed by atoms with Gasteiger partial charge in [0.2, 0.25) is 0 Å². The molecule has 1 aromatic rings. The van der Waals surface area contributed by atoms with E-state index >= 15 is 0 Å². The predicted octanol–water partition coefficient (Wildman–Crippen LogP) is 1.60. The molecule has 0 atom stereocenters. The molecule has 2 nitrogen and oxygen atoms in total. The Kier molecular flexibility index (Phi) is 3.22. The number of hydrogen-bond acceptors (Lipinski definition) is 2. The van der Waals surface area contributed by atoms with Crippen LogP contribution in [0.2, 0.25) is 0 Å². The summed E-state index contributed by atoms with van der Waals surface area (Å²) < 4.78 is 36.7. The SMILES string of the molecule is NCC#Cc1ccc(C(F)(F)F)cc1N. The Bertz CT molecular complexity index is 413. The van der Waals surface area contributed by atoms with Gasteiger partial charge in [0.15, 0.2) is 0 Å². The summed E-state index contributed by atoms with van der Waals surface area (Å²) in [6.07, 6.45) is -4.38. The van der Waals surface area contributed by atoms with Crippen LogP contribution in [0, 0.1) is 11.8 Å². The van der Waals surface area contributed by atoms with Gasteiger partial charge in [-0.3, -0.25) is 0 Å². The predicted molar refractivity (Wildman–Crippen MR) is 51.8 cm³/mol. The van der Waals surface area contributed by atoms with Crippen molar-refractivity contribution in [2.24, 2.45) is 5.73 Å². The van der Waals surface area contributed by atoms with E-state index in [-0.39, 0.29) is 12.2 Å². The molecule has 0 aliphatic rings. The summed E-state index contributed by atoms with van der Waals surface area (Å²) in [5.41, 5.74) is 10.1. The summed E-state index contributed by atoms with van der Waals surface area (Å²) in [4.78, 5) is 0. The van der Waals surface area contributed by atoms with E-state index in [2.05, 4.69) is 11.8 Å². The maximum atomic E-state index is 12.2. The van der Waals surface area contributed by atoms with E-state index in [0.29, 0.717) is 5.56 Å². The Morgan fingerprint density at radius 2 is 1.93 bits per heavy atom. The standard InChI is InChI=1S/C10H9F3N2/c11-10(12,13)8-4-3-7(2-1-5-14)9(15)6-8/h3-4,6H,5,14-15H2. The third-order valence-electron chi connectivity index (χ3n) is 1.70. The first kappa shape index (κ1) is 11.4. The third-order valence-corrected chi connectivity index (χ3v) is 1.70. The molecule has 0 aliphatic heterocycles. The summed E-state index contributed by atoms with van der Waals surface area (Å²) in [6.45, 7) is 0.139. The first-order valence-electron chi connectivity index (χ1n) is 4.11. The van der Waals surface area contributed by atoms with E-state index in [1.54, 1.807) is 0 Å². The van der Waals surface area contributed by atoms with Crippen LogP contribution in [0.4, 0.5) is 18.9 Å². The van der Waals surface area contributed by atoms with Crippen molar-refractivity contribution in [3.8, 4) is 11.8 Å². The molecule has 0 bridgehead atoms. The van der Waals surface area contributed by atoms with Crippen molar-refractivity contribution in [3.05, 3.63) is 29.3 Å². The lowest BCUT2D eigenvalue weighted by Gasteiger charge is -2.07. The minimum atomic E-state index is -4.38. The average Bonchev–Trinajstić information content (AvgIpc) is 2.14. The smallest absolute Gasteiger partial charge is 0.398 e. The summed E-state index contributed by atoms with van der Waals surface area (Å²) in [6, 6.07) is 3.04. The monoisotopic (exact) mass is 214 g/mol. The third kappa shape index (κ3) is 2.89. The molecule has 0 unspecified atom stereocenters. The number of rotatable bonds is 0. The van der Waals surface area contributed by atoms with Crippen molar-refractivity contribution in [2.75, 3.05) is 12.3 Å². The van der Waals surface area contributed by atoms with E-state index in [1.807, 2.05) is 0 Å². The largest absolute Gasteiger partial charge is 0.416 e. The topological polar surface area (TPSA) is 52.0 Å². The van der Waals surface area contributed by atoms with Crippen LogP contribution in [0.3, 0.4) is 0 Å². The van der Waals surface area contributed by atoms with E-state index < -0.39 is 11.7 Å². The maximum absolute atomic E-state index is 12.2. The molecule has 0 saturated carbocycles. The van der Waals surface area contributed by atoms with Gasteiger partial charge in [-0.15, -0.1) is 0 Å². The zero-order chi connectivity index (χ0) is 11.5. The van der Waals surface area contributed by atoms with E-state index in [4.69, 9.17) is 11.5 Å². The molecule has 1 rings (SSSR count). The summed E-state index contributed by atoms with van der Waals surface area (Å²) in [5, 5.41) is 0. The number of nitrogen functional groups attached to an aromatic ring is 1. The van der Waals surface area contributed by atoms with Gasteiger partial charge in [-0.05, 0) is 18.2 Å². The van der Waals surface area contributed by atoms with Crippen molar-refractivity contribution >= 4 is 5.69 Å². The van der Waals surface area contributed by atoms with E-state index in [9.17, 15) is 13.2 Å². The van der Waals surface area contributed by atoms with Crippen LogP contribution in [0.5, 0.6) is 0 Å². The molecule has 1 aromatic carbocycles. The van der Waals surface area contributed by atoms with Gasteiger partial charge in [0.25, 0.3) is 0 Å². The number of hydrogen-bond donors (Lipinski definition) is 2.